The summed E-state index contributed by atoms with van der Waals surface area (Å²) in [4.78, 5) is 4.17. The van der Waals surface area contributed by atoms with Gasteiger partial charge in [-0.3, -0.25) is 0 Å². The lowest BCUT2D eigenvalue weighted by atomic mass is 10.0. The van der Waals surface area contributed by atoms with Crippen molar-refractivity contribution in [1.82, 2.24) is 4.98 Å². The number of hydrogen-bond acceptors (Lipinski definition) is 3. The van der Waals surface area contributed by atoms with Gasteiger partial charge >= 0.3 is 0 Å². The zero-order valence-electron chi connectivity index (χ0n) is 11.3. The highest BCUT2D eigenvalue weighted by Gasteiger charge is 2.10. The van der Waals surface area contributed by atoms with Crippen LogP contribution in [0.3, 0.4) is 0 Å². The summed E-state index contributed by atoms with van der Waals surface area (Å²) in [5.74, 6) is 0.791. The summed E-state index contributed by atoms with van der Waals surface area (Å²) in [6.45, 7) is 0.628. The van der Waals surface area contributed by atoms with Crippen molar-refractivity contribution in [2.24, 2.45) is 5.73 Å². The molecule has 0 aliphatic rings. The Hall–Kier alpha value is -1.39. The van der Waals surface area contributed by atoms with Crippen LogP contribution < -0.4 is 10.5 Å². The highest BCUT2D eigenvalue weighted by Crippen LogP contribution is 2.17. The number of halogens is 1. The number of hydrogen-bond donors (Lipinski definition) is 1. The first-order valence-electron chi connectivity index (χ1n) is 6.80. The van der Waals surface area contributed by atoms with Gasteiger partial charge in [0.2, 0.25) is 0 Å². The molecule has 20 heavy (non-hydrogen) atoms. The van der Waals surface area contributed by atoms with E-state index >= 15 is 0 Å². The van der Waals surface area contributed by atoms with E-state index in [2.05, 4.69) is 45.2 Å². The molecule has 0 radical (unpaired) electrons. The molecule has 1 heterocycles. The van der Waals surface area contributed by atoms with Crippen LogP contribution >= 0.6 is 15.9 Å². The number of benzene rings is 1. The van der Waals surface area contributed by atoms with Gasteiger partial charge in [-0.15, -0.1) is 0 Å². The van der Waals surface area contributed by atoms with E-state index in [1.54, 1.807) is 6.20 Å². The topological polar surface area (TPSA) is 48.1 Å². The van der Waals surface area contributed by atoms with Crippen LogP contribution in [0.1, 0.15) is 18.4 Å². The van der Waals surface area contributed by atoms with Crippen molar-refractivity contribution in [3.8, 4) is 5.75 Å². The van der Waals surface area contributed by atoms with Crippen LogP contribution in [0.5, 0.6) is 5.75 Å². The molecule has 0 aliphatic carbocycles. The Kier molecular flexibility index (Phi) is 6.02. The average Bonchev–Trinajstić information content (AvgIpc) is 2.48. The minimum absolute atomic E-state index is 0.128. The maximum Gasteiger partial charge on any atom is 0.138 e. The Morgan fingerprint density at radius 1 is 1.10 bits per heavy atom. The standard InChI is InChI=1S/C16H19BrN2O/c17-16-9-8-15(12-19-16)20-14(10-11-18)7-6-13-4-2-1-3-5-13/h1-5,8-9,12,14H,6-7,10-11,18H2. The van der Waals surface area contributed by atoms with E-state index < -0.39 is 0 Å². The second kappa shape index (κ2) is 8.02. The van der Waals surface area contributed by atoms with Gasteiger partial charge in [0, 0.05) is 0 Å². The minimum atomic E-state index is 0.128. The molecule has 2 N–H and O–H groups in total. The fourth-order valence-electron chi connectivity index (χ4n) is 2.04. The Bertz CT molecular complexity index is 502. The quantitative estimate of drug-likeness (QED) is 0.787. The molecule has 0 bridgehead atoms. The molecule has 1 aromatic carbocycles. The molecular weight excluding hydrogens is 316 g/mol. The number of aromatic nitrogens is 1. The summed E-state index contributed by atoms with van der Waals surface area (Å²) in [6, 6.07) is 14.2. The Balaban J connectivity index is 1.91. The molecule has 1 unspecified atom stereocenters. The maximum absolute atomic E-state index is 5.97. The van der Waals surface area contributed by atoms with Crippen LogP contribution in [0.25, 0.3) is 0 Å². The second-order valence-electron chi connectivity index (χ2n) is 4.66. The lowest BCUT2D eigenvalue weighted by Crippen LogP contribution is -2.21. The molecule has 0 aliphatic heterocycles. The molecule has 1 atom stereocenters. The smallest absolute Gasteiger partial charge is 0.138 e. The monoisotopic (exact) mass is 334 g/mol. The Morgan fingerprint density at radius 2 is 1.90 bits per heavy atom. The van der Waals surface area contributed by atoms with Crippen molar-refractivity contribution >= 4 is 15.9 Å². The summed E-state index contributed by atoms with van der Waals surface area (Å²) in [6.07, 6.45) is 4.66. The fourth-order valence-corrected chi connectivity index (χ4v) is 2.28. The van der Waals surface area contributed by atoms with Gasteiger partial charge in [-0.25, -0.2) is 4.98 Å². The van der Waals surface area contributed by atoms with Gasteiger partial charge in [0.15, 0.2) is 0 Å². The SMILES string of the molecule is NCCC(CCc1ccccc1)Oc1ccc(Br)nc1. The summed E-state index contributed by atoms with van der Waals surface area (Å²) in [5.41, 5.74) is 7.00. The van der Waals surface area contributed by atoms with Crippen molar-refractivity contribution in [2.45, 2.75) is 25.4 Å². The van der Waals surface area contributed by atoms with Crippen LogP contribution in [0.15, 0.2) is 53.3 Å². The zero-order valence-corrected chi connectivity index (χ0v) is 12.9. The van der Waals surface area contributed by atoms with Crippen molar-refractivity contribution in [3.63, 3.8) is 0 Å². The Labute approximate surface area is 128 Å². The summed E-state index contributed by atoms with van der Waals surface area (Å²) < 4.78 is 6.78. The van der Waals surface area contributed by atoms with E-state index in [9.17, 15) is 0 Å². The van der Waals surface area contributed by atoms with E-state index in [0.29, 0.717) is 6.54 Å². The van der Waals surface area contributed by atoms with E-state index in [1.165, 1.54) is 5.56 Å². The molecule has 4 heteroatoms. The normalized spacial score (nSPS) is 12.1. The van der Waals surface area contributed by atoms with Gasteiger partial charge in [-0.05, 0) is 59.4 Å². The predicted octanol–water partition coefficient (Wildman–Crippen LogP) is 3.57. The van der Waals surface area contributed by atoms with Crippen LogP contribution in [-0.4, -0.2) is 17.6 Å². The molecule has 0 amide bonds. The molecule has 3 nitrogen and oxygen atoms in total. The first kappa shape index (κ1) is 15.0. The van der Waals surface area contributed by atoms with Gasteiger partial charge in [0.05, 0.1) is 6.20 Å². The third kappa shape index (κ3) is 4.94. The lowest BCUT2D eigenvalue weighted by Gasteiger charge is -2.18. The summed E-state index contributed by atoms with van der Waals surface area (Å²) in [5, 5.41) is 0. The van der Waals surface area contributed by atoms with E-state index in [1.807, 2.05) is 18.2 Å². The van der Waals surface area contributed by atoms with Crippen molar-refractivity contribution in [1.29, 1.82) is 0 Å². The predicted molar refractivity (Wildman–Crippen MR) is 84.8 cm³/mol. The number of rotatable bonds is 7. The zero-order chi connectivity index (χ0) is 14.2. The Morgan fingerprint density at radius 3 is 2.55 bits per heavy atom. The van der Waals surface area contributed by atoms with E-state index in [4.69, 9.17) is 10.5 Å². The lowest BCUT2D eigenvalue weighted by molar-refractivity contribution is 0.183. The maximum atomic E-state index is 5.97. The van der Waals surface area contributed by atoms with Crippen LogP contribution in [0.2, 0.25) is 0 Å². The molecular formula is C16H19BrN2O. The molecule has 1 aromatic heterocycles. The number of pyridine rings is 1. The highest BCUT2D eigenvalue weighted by molar-refractivity contribution is 9.10. The fraction of sp³-hybridized carbons (Fsp3) is 0.312. The first-order valence-corrected chi connectivity index (χ1v) is 7.59. The molecule has 0 saturated heterocycles. The van der Waals surface area contributed by atoms with Gasteiger partial charge in [0.1, 0.15) is 16.5 Å². The summed E-state index contributed by atoms with van der Waals surface area (Å²) in [7, 11) is 0. The molecule has 0 spiro atoms. The third-order valence-electron chi connectivity index (χ3n) is 3.09. The van der Waals surface area contributed by atoms with Crippen LogP contribution in [-0.2, 0) is 6.42 Å². The molecule has 0 fully saturated rings. The average molecular weight is 335 g/mol. The van der Waals surface area contributed by atoms with E-state index in [-0.39, 0.29) is 6.10 Å². The molecule has 0 saturated carbocycles. The van der Waals surface area contributed by atoms with Crippen LogP contribution in [0.4, 0.5) is 0 Å². The van der Waals surface area contributed by atoms with Crippen molar-refractivity contribution < 1.29 is 4.74 Å². The highest BCUT2D eigenvalue weighted by atomic mass is 79.9. The third-order valence-corrected chi connectivity index (χ3v) is 3.56. The van der Waals surface area contributed by atoms with Crippen LogP contribution in [0, 0.1) is 0 Å². The number of aryl methyl sites for hydroxylation is 1. The number of nitrogens with zero attached hydrogens (tertiary/aromatic N) is 1. The minimum Gasteiger partial charge on any atom is -0.489 e. The van der Waals surface area contributed by atoms with Gasteiger partial charge < -0.3 is 10.5 Å². The van der Waals surface area contributed by atoms with Gasteiger partial charge in [-0.1, -0.05) is 30.3 Å². The van der Waals surface area contributed by atoms with Crippen molar-refractivity contribution in [2.75, 3.05) is 6.54 Å². The van der Waals surface area contributed by atoms with Gasteiger partial charge in [-0.2, -0.15) is 0 Å². The molecule has 106 valence electrons. The largest absolute Gasteiger partial charge is 0.489 e. The summed E-state index contributed by atoms with van der Waals surface area (Å²) >= 11 is 3.32. The van der Waals surface area contributed by atoms with Gasteiger partial charge in [0.25, 0.3) is 0 Å². The second-order valence-corrected chi connectivity index (χ2v) is 5.47. The van der Waals surface area contributed by atoms with Crippen molar-refractivity contribution in [3.05, 3.63) is 58.8 Å². The molecule has 2 rings (SSSR count). The molecule has 2 aromatic rings. The number of nitrogens with two attached hydrogens (primary N) is 1. The first-order chi connectivity index (χ1) is 9.78. The number of ether oxygens (including phenoxy) is 1. The van der Waals surface area contributed by atoms with E-state index in [0.717, 1.165) is 29.6 Å².